The van der Waals surface area contributed by atoms with E-state index < -0.39 is 11.5 Å². The number of carbonyl (C=O) groups is 2. The molecule has 7 nitrogen and oxygen atoms in total. The van der Waals surface area contributed by atoms with Gasteiger partial charge in [-0.15, -0.1) is 0 Å². The van der Waals surface area contributed by atoms with Crippen molar-refractivity contribution in [2.24, 2.45) is 56.2 Å². The highest BCUT2D eigenvalue weighted by molar-refractivity contribution is 5.89. The molecule has 254 valence electrons. The number of nitrogens with zero attached hydrogens (tertiary/aromatic N) is 2. The molecule has 2 spiro atoms. The van der Waals surface area contributed by atoms with E-state index in [-0.39, 0.29) is 57.3 Å². The first-order valence-electron chi connectivity index (χ1n) is 18.1. The molecule has 1 N–H and O–H groups in total. The van der Waals surface area contributed by atoms with Crippen LogP contribution in [0.1, 0.15) is 117 Å². The third-order valence-corrected chi connectivity index (χ3v) is 15.4. The molecule has 46 heavy (non-hydrogen) atoms. The van der Waals surface area contributed by atoms with Crippen LogP contribution in [0.2, 0.25) is 0 Å². The zero-order valence-electron chi connectivity index (χ0n) is 29.8. The summed E-state index contributed by atoms with van der Waals surface area (Å²) in [5.41, 5.74) is 0.271. The van der Waals surface area contributed by atoms with Gasteiger partial charge in [-0.2, -0.15) is 0 Å². The molecule has 0 bridgehead atoms. The highest BCUT2D eigenvalue weighted by Crippen LogP contribution is 2.89. The number of hydrogen-bond donors (Lipinski definition) is 1. The van der Waals surface area contributed by atoms with Crippen LogP contribution < -0.4 is 0 Å². The Morgan fingerprint density at radius 2 is 1.76 bits per heavy atom. The van der Waals surface area contributed by atoms with Crippen molar-refractivity contribution >= 4 is 11.9 Å². The van der Waals surface area contributed by atoms with E-state index in [4.69, 9.17) is 9.47 Å². The number of carbonyl (C=O) groups excluding carboxylic acids is 2. The molecule has 1 aliphatic heterocycles. The number of amides is 1. The van der Waals surface area contributed by atoms with Gasteiger partial charge in [0.2, 0.25) is 5.91 Å². The van der Waals surface area contributed by atoms with E-state index in [1.807, 2.05) is 32.7 Å². The number of esters is 1. The standard InChI is InChI=1S/C39H58N2O5/c1-23-19-25(21-41(9)33(44)34(2,3)4)45-30-29(23)36(7)16-17-39-22-38(39)15-14-28(46-32(43)24-11-10-18-40-20-24)35(5,6)26(38)12-13-27(39)37(36,8)31(30)42/h10-11,18,20,23,25-31,42H,12-17,19,21-22H2,1-9H3/t23-,25?,26+,27?,28?,29+,30?,31+,36-,37-,38-,39+/m1/s1. The summed E-state index contributed by atoms with van der Waals surface area (Å²) < 4.78 is 13.2. The van der Waals surface area contributed by atoms with Gasteiger partial charge in [0.1, 0.15) is 6.10 Å². The maximum absolute atomic E-state index is 13.1. The molecular formula is C39H58N2O5. The molecule has 2 heterocycles. The summed E-state index contributed by atoms with van der Waals surface area (Å²) in [6, 6.07) is 3.57. The molecule has 5 aliphatic carbocycles. The number of hydrogen-bond acceptors (Lipinski definition) is 6. The van der Waals surface area contributed by atoms with E-state index in [0.29, 0.717) is 35.8 Å². The lowest BCUT2D eigenvalue weighted by molar-refractivity contribution is -0.183. The summed E-state index contributed by atoms with van der Waals surface area (Å²) in [5, 5.41) is 12.5. The van der Waals surface area contributed by atoms with Gasteiger partial charge in [-0.1, -0.05) is 55.4 Å². The van der Waals surface area contributed by atoms with Crippen LogP contribution in [0.15, 0.2) is 24.5 Å². The Morgan fingerprint density at radius 1 is 1.07 bits per heavy atom. The third kappa shape index (κ3) is 4.18. The number of aliphatic hydroxyl groups is 1. The first-order chi connectivity index (χ1) is 21.4. The fourth-order valence-corrected chi connectivity index (χ4v) is 13.4. The highest BCUT2D eigenvalue weighted by atomic mass is 16.5. The van der Waals surface area contributed by atoms with Crippen molar-refractivity contribution in [3.8, 4) is 0 Å². The number of rotatable bonds is 4. The van der Waals surface area contributed by atoms with Gasteiger partial charge in [0.05, 0.1) is 23.9 Å². The van der Waals surface area contributed by atoms with Crippen LogP contribution in [0, 0.1) is 56.2 Å². The third-order valence-electron chi connectivity index (χ3n) is 15.4. The van der Waals surface area contributed by atoms with Crippen molar-refractivity contribution in [1.82, 2.24) is 9.88 Å². The summed E-state index contributed by atoms with van der Waals surface area (Å²) in [7, 11) is 1.89. The van der Waals surface area contributed by atoms with Gasteiger partial charge in [0.15, 0.2) is 0 Å². The monoisotopic (exact) mass is 634 g/mol. The topological polar surface area (TPSA) is 89.0 Å². The minimum Gasteiger partial charge on any atom is -0.458 e. The minimum atomic E-state index is -0.516. The van der Waals surface area contributed by atoms with E-state index in [1.165, 1.54) is 12.8 Å². The maximum atomic E-state index is 13.1. The van der Waals surface area contributed by atoms with Gasteiger partial charge < -0.3 is 19.5 Å². The van der Waals surface area contributed by atoms with E-state index in [9.17, 15) is 14.7 Å². The Morgan fingerprint density at radius 3 is 2.43 bits per heavy atom. The predicted molar refractivity (Wildman–Crippen MR) is 177 cm³/mol. The van der Waals surface area contributed by atoms with Gasteiger partial charge >= 0.3 is 5.97 Å². The Labute approximate surface area is 276 Å². The molecule has 0 aromatic carbocycles. The minimum absolute atomic E-state index is 0.00705. The summed E-state index contributed by atoms with van der Waals surface area (Å²) in [6.45, 7) is 18.5. The molecule has 7 heteroatoms. The van der Waals surface area contributed by atoms with Crippen molar-refractivity contribution in [2.45, 2.75) is 131 Å². The lowest BCUT2D eigenvalue weighted by atomic mass is 9.41. The van der Waals surface area contributed by atoms with E-state index in [0.717, 1.165) is 38.5 Å². The molecule has 7 rings (SSSR count). The van der Waals surface area contributed by atoms with Crippen molar-refractivity contribution < 1.29 is 24.2 Å². The van der Waals surface area contributed by atoms with Crippen LogP contribution in [0.4, 0.5) is 0 Å². The van der Waals surface area contributed by atoms with Crippen LogP contribution >= 0.6 is 0 Å². The zero-order chi connectivity index (χ0) is 33.2. The maximum Gasteiger partial charge on any atom is 0.339 e. The fourth-order valence-electron chi connectivity index (χ4n) is 13.4. The second kappa shape index (κ2) is 10.3. The largest absolute Gasteiger partial charge is 0.458 e. The van der Waals surface area contributed by atoms with Crippen molar-refractivity contribution in [2.75, 3.05) is 13.6 Å². The summed E-state index contributed by atoms with van der Waals surface area (Å²) in [4.78, 5) is 32.1. The average molecular weight is 635 g/mol. The fraction of sp³-hybridized carbons (Fsp3) is 0.821. The molecule has 4 unspecified atom stereocenters. The number of aliphatic hydroxyl groups excluding tert-OH is 1. The number of fused-ring (bicyclic) bond motifs is 4. The molecule has 1 aromatic rings. The van der Waals surface area contributed by atoms with Gasteiger partial charge in [0.25, 0.3) is 0 Å². The van der Waals surface area contributed by atoms with Crippen LogP contribution in [0.25, 0.3) is 0 Å². The Bertz CT molecular complexity index is 1390. The highest BCUT2D eigenvalue weighted by Gasteiger charge is 2.84. The first kappa shape index (κ1) is 32.6. The lowest BCUT2D eigenvalue weighted by Gasteiger charge is -2.63. The molecule has 6 fully saturated rings. The molecule has 1 amide bonds. The molecule has 1 saturated heterocycles. The van der Waals surface area contributed by atoms with E-state index >= 15 is 0 Å². The van der Waals surface area contributed by atoms with Gasteiger partial charge in [-0.3, -0.25) is 9.78 Å². The second-order valence-electron chi connectivity index (χ2n) is 18.7. The van der Waals surface area contributed by atoms with E-state index in [1.54, 1.807) is 24.5 Å². The number of aromatic nitrogens is 1. The average Bonchev–Trinajstić information content (AvgIpc) is 3.63. The number of pyridine rings is 1. The molecule has 6 aliphatic rings. The van der Waals surface area contributed by atoms with Crippen LogP contribution in [0.5, 0.6) is 0 Å². The summed E-state index contributed by atoms with van der Waals surface area (Å²) in [6.07, 6.45) is 11.2. The molecule has 1 aromatic heterocycles. The normalized spacial score (nSPS) is 46.9. The van der Waals surface area contributed by atoms with E-state index in [2.05, 4.69) is 39.6 Å². The Hall–Kier alpha value is -1.99. The van der Waals surface area contributed by atoms with Gasteiger partial charge in [-0.25, -0.2) is 4.79 Å². The Balaban J connectivity index is 1.12. The van der Waals surface area contributed by atoms with Crippen LogP contribution in [-0.2, 0) is 14.3 Å². The smallest absolute Gasteiger partial charge is 0.339 e. The quantitative estimate of drug-likeness (QED) is 0.362. The summed E-state index contributed by atoms with van der Waals surface area (Å²) in [5.74, 6) is 1.57. The van der Waals surface area contributed by atoms with Crippen LogP contribution in [0.3, 0.4) is 0 Å². The molecule has 0 radical (unpaired) electrons. The lowest BCUT2D eigenvalue weighted by Crippen LogP contribution is -2.60. The van der Waals surface area contributed by atoms with Gasteiger partial charge in [-0.05, 0) is 103 Å². The SMILES string of the molecule is C[C@@H]1CC(CN(C)C(=O)C(C)(C)C)OC2[C@H]1[C@@]1(C)CC[C@@]34C[C@@]35CCC(OC(=O)c3cccnc3)C(C)(C)[C@@H]5CCC4[C@]1(C)[C@H]2O. The van der Waals surface area contributed by atoms with Crippen LogP contribution in [-0.4, -0.2) is 64.9 Å². The molecular weight excluding hydrogens is 576 g/mol. The molecule has 5 saturated carbocycles. The van der Waals surface area contributed by atoms with Gasteiger partial charge in [0, 0.05) is 42.2 Å². The zero-order valence-corrected chi connectivity index (χ0v) is 29.8. The second-order valence-corrected chi connectivity index (χ2v) is 18.7. The van der Waals surface area contributed by atoms with Crippen molar-refractivity contribution in [1.29, 1.82) is 0 Å². The number of ether oxygens (including phenoxy) is 2. The first-order valence-corrected chi connectivity index (χ1v) is 18.1. The summed E-state index contributed by atoms with van der Waals surface area (Å²) >= 11 is 0. The molecule has 12 atom stereocenters. The van der Waals surface area contributed by atoms with Crippen molar-refractivity contribution in [3.63, 3.8) is 0 Å². The number of likely N-dealkylation sites (N-methyl/N-ethyl adjacent to an activating group) is 1. The Kier molecular flexibility index (Phi) is 7.26. The predicted octanol–water partition coefficient (Wildman–Crippen LogP) is 6.92. The van der Waals surface area contributed by atoms with Crippen molar-refractivity contribution in [3.05, 3.63) is 30.1 Å².